The van der Waals surface area contributed by atoms with Crippen molar-refractivity contribution in [3.63, 3.8) is 0 Å². The van der Waals surface area contributed by atoms with Gasteiger partial charge in [0.1, 0.15) is 0 Å². The smallest absolute Gasteiger partial charge is 0.407 e. The first-order valence-electron chi connectivity index (χ1n) is 8.70. The van der Waals surface area contributed by atoms with Gasteiger partial charge in [-0.3, -0.25) is 19.5 Å². The largest absolute Gasteiger partial charge is 0.419 e. The summed E-state index contributed by atoms with van der Waals surface area (Å²) in [6.07, 6.45) is 0.508. The van der Waals surface area contributed by atoms with Crippen molar-refractivity contribution in [3.8, 4) is 0 Å². The van der Waals surface area contributed by atoms with Gasteiger partial charge in [0, 0.05) is 24.7 Å². The van der Waals surface area contributed by atoms with Crippen molar-refractivity contribution in [3.05, 3.63) is 67.5 Å². The standard InChI is InChI=1S/C18H15N5O6/c24-16(19-10-3-5-12-13(8-10)21-17(25)20-12)2-1-7-22-14-6-4-11(23(27)28)9-15(14)29-18(22)26/h3-6,8-9H,1-2,7H2,(H,19,24)(H2,20,21,25). The minimum Gasteiger partial charge on any atom is -0.407 e. The lowest BCUT2D eigenvalue weighted by Crippen LogP contribution is -2.17. The van der Waals surface area contributed by atoms with Crippen LogP contribution in [-0.4, -0.2) is 25.4 Å². The van der Waals surface area contributed by atoms with Gasteiger partial charge in [0.05, 0.1) is 27.5 Å². The Bertz CT molecular complexity index is 1360. The third kappa shape index (κ3) is 3.65. The van der Waals surface area contributed by atoms with E-state index in [-0.39, 0.29) is 35.8 Å². The topological polar surface area (TPSA) is 156 Å². The van der Waals surface area contributed by atoms with Crippen LogP contribution >= 0.6 is 0 Å². The molecule has 4 rings (SSSR count). The second-order valence-electron chi connectivity index (χ2n) is 6.42. The number of imidazole rings is 1. The van der Waals surface area contributed by atoms with Gasteiger partial charge in [-0.1, -0.05) is 0 Å². The fraction of sp³-hybridized carbons (Fsp3) is 0.167. The van der Waals surface area contributed by atoms with Crippen molar-refractivity contribution in [1.29, 1.82) is 0 Å². The third-order valence-corrected chi connectivity index (χ3v) is 4.45. The number of aryl methyl sites for hydroxylation is 1. The van der Waals surface area contributed by atoms with Crippen LogP contribution in [0, 0.1) is 10.1 Å². The SMILES string of the molecule is O=C(CCCn1c(=O)oc2cc([N+](=O)[O-])ccc21)Nc1ccc2[nH]c(=O)[nH]c2c1. The number of fused-ring (bicyclic) bond motifs is 2. The lowest BCUT2D eigenvalue weighted by Gasteiger charge is -2.06. The van der Waals surface area contributed by atoms with E-state index >= 15 is 0 Å². The van der Waals surface area contributed by atoms with Crippen LogP contribution in [0.5, 0.6) is 0 Å². The van der Waals surface area contributed by atoms with E-state index in [4.69, 9.17) is 4.42 Å². The number of nitrogens with zero attached hydrogens (tertiary/aromatic N) is 2. The monoisotopic (exact) mass is 397 g/mol. The summed E-state index contributed by atoms with van der Waals surface area (Å²) in [7, 11) is 0. The summed E-state index contributed by atoms with van der Waals surface area (Å²) in [5.74, 6) is -0.888. The molecule has 2 aromatic carbocycles. The highest BCUT2D eigenvalue weighted by Crippen LogP contribution is 2.20. The normalized spacial score (nSPS) is 11.2. The fourth-order valence-corrected chi connectivity index (χ4v) is 3.11. The lowest BCUT2D eigenvalue weighted by molar-refractivity contribution is -0.384. The molecule has 1 amide bonds. The zero-order valence-electron chi connectivity index (χ0n) is 14.9. The van der Waals surface area contributed by atoms with Crippen LogP contribution in [0.15, 0.2) is 50.4 Å². The Balaban J connectivity index is 1.40. The van der Waals surface area contributed by atoms with Gasteiger partial charge in [0.2, 0.25) is 5.91 Å². The number of rotatable bonds is 6. The molecule has 0 atom stereocenters. The van der Waals surface area contributed by atoms with Crippen molar-refractivity contribution >= 4 is 39.4 Å². The first-order chi connectivity index (χ1) is 13.9. The summed E-state index contributed by atoms with van der Waals surface area (Å²) in [4.78, 5) is 50.9. The molecule has 0 aliphatic rings. The van der Waals surface area contributed by atoms with Crippen LogP contribution in [0.1, 0.15) is 12.8 Å². The predicted molar refractivity (Wildman–Crippen MR) is 104 cm³/mol. The number of aromatic amines is 2. The number of nitro benzene ring substituents is 1. The number of benzene rings is 2. The van der Waals surface area contributed by atoms with Gasteiger partial charge in [0.25, 0.3) is 5.69 Å². The highest BCUT2D eigenvalue weighted by molar-refractivity contribution is 5.92. The van der Waals surface area contributed by atoms with Crippen LogP contribution in [0.3, 0.4) is 0 Å². The van der Waals surface area contributed by atoms with Gasteiger partial charge in [-0.25, -0.2) is 9.59 Å². The Labute approximate surface area is 161 Å². The number of non-ortho nitro benzene ring substituents is 1. The molecule has 0 saturated carbocycles. The summed E-state index contributed by atoms with van der Waals surface area (Å²) in [5.41, 5.74) is 1.82. The number of carbonyl (C=O) groups is 1. The van der Waals surface area contributed by atoms with Crippen molar-refractivity contribution in [1.82, 2.24) is 14.5 Å². The number of hydrogen-bond donors (Lipinski definition) is 3. The minimum atomic E-state index is -0.636. The average Bonchev–Trinajstić information content (AvgIpc) is 3.19. The Morgan fingerprint density at radius 1 is 1.14 bits per heavy atom. The fourth-order valence-electron chi connectivity index (χ4n) is 3.11. The molecule has 0 unspecified atom stereocenters. The summed E-state index contributed by atoms with van der Waals surface area (Å²) < 4.78 is 6.39. The van der Waals surface area contributed by atoms with E-state index < -0.39 is 10.7 Å². The Kier molecular flexibility index (Phi) is 4.47. The second kappa shape index (κ2) is 7.11. The molecule has 3 N–H and O–H groups in total. The number of nitrogens with one attached hydrogen (secondary N) is 3. The van der Waals surface area contributed by atoms with Gasteiger partial charge < -0.3 is 19.7 Å². The maximum atomic E-state index is 12.2. The number of hydrogen-bond acceptors (Lipinski definition) is 6. The van der Waals surface area contributed by atoms with Crippen LogP contribution in [0.2, 0.25) is 0 Å². The molecule has 4 aromatic rings. The van der Waals surface area contributed by atoms with E-state index in [1.54, 1.807) is 18.2 Å². The first-order valence-corrected chi connectivity index (χ1v) is 8.70. The summed E-state index contributed by atoms with van der Waals surface area (Å²) >= 11 is 0. The maximum Gasteiger partial charge on any atom is 0.419 e. The average molecular weight is 397 g/mol. The number of H-pyrrole nitrogens is 2. The molecular weight excluding hydrogens is 382 g/mol. The molecule has 29 heavy (non-hydrogen) atoms. The number of nitro groups is 1. The molecule has 0 aliphatic heterocycles. The summed E-state index contributed by atoms with van der Waals surface area (Å²) in [6.45, 7) is 0.223. The molecule has 11 nitrogen and oxygen atoms in total. The second-order valence-corrected chi connectivity index (χ2v) is 6.42. The summed E-state index contributed by atoms with van der Waals surface area (Å²) in [5, 5.41) is 13.6. The van der Waals surface area contributed by atoms with Crippen molar-refractivity contribution in [2.75, 3.05) is 5.32 Å². The van der Waals surface area contributed by atoms with Gasteiger partial charge in [0.15, 0.2) is 5.58 Å². The Morgan fingerprint density at radius 2 is 1.93 bits per heavy atom. The number of oxazole rings is 1. The van der Waals surface area contributed by atoms with Gasteiger partial charge >= 0.3 is 11.4 Å². The Morgan fingerprint density at radius 3 is 2.72 bits per heavy atom. The van der Waals surface area contributed by atoms with E-state index in [0.717, 1.165) is 0 Å². The molecule has 0 fully saturated rings. The summed E-state index contributed by atoms with van der Waals surface area (Å²) in [6, 6.07) is 8.94. The highest BCUT2D eigenvalue weighted by atomic mass is 16.6. The molecule has 0 bridgehead atoms. The van der Waals surface area contributed by atoms with Crippen LogP contribution in [-0.2, 0) is 11.3 Å². The molecule has 2 heterocycles. The molecule has 148 valence electrons. The molecule has 2 aromatic heterocycles. The molecule has 0 spiro atoms. The predicted octanol–water partition coefficient (Wildman–Crippen LogP) is 2.09. The zero-order chi connectivity index (χ0) is 20.5. The van der Waals surface area contributed by atoms with E-state index in [0.29, 0.717) is 28.7 Å². The maximum absolute atomic E-state index is 12.2. The number of carbonyl (C=O) groups excluding carboxylic acids is 1. The van der Waals surface area contributed by atoms with Gasteiger partial charge in [-0.2, -0.15) is 0 Å². The van der Waals surface area contributed by atoms with Crippen molar-refractivity contribution in [2.45, 2.75) is 19.4 Å². The molecule has 0 radical (unpaired) electrons. The van der Waals surface area contributed by atoms with Crippen molar-refractivity contribution < 1.29 is 14.1 Å². The zero-order valence-corrected chi connectivity index (χ0v) is 14.9. The molecule has 0 saturated heterocycles. The highest BCUT2D eigenvalue weighted by Gasteiger charge is 2.14. The number of anilines is 1. The molecular formula is C18H15N5O6. The van der Waals surface area contributed by atoms with Crippen molar-refractivity contribution in [2.24, 2.45) is 0 Å². The Hall–Kier alpha value is -4.15. The van der Waals surface area contributed by atoms with Gasteiger partial charge in [-0.15, -0.1) is 0 Å². The van der Waals surface area contributed by atoms with E-state index in [2.05, 4.69) is 15.3 Å². The quantitative estimate of drug-likeness (QED) is 0.334. The van der Waals surface area contributed by atoms with Crippen LogP contribution in [0.4, 0.5) is 11.4 Å². The lowest BCUT2D eigenvalue weighted by atomic mass is 10.2. The first kappa shape index (κ1) is 18.2. The van der Waals surface area contributed by atoms with E-state index in [9.17, 15) is 24.5 Å². The third-order valence-electron chi connectivity index (χ3n) is 4.45. The van der Waals surface area contributed by atoms with E-state index in [1.807, 2.05) is 0 Å². The van der Waals surface area contributed by atoms with Crippen LogP contribution in [0.25, 0.3) is 22.1 Å². The molecule has 11 heteroatoms. The number of amides is 1. The van der Waals surface area contributed by atoms with Crippen LogP contribution < -0.4 is 16.8 Å². The van der Waals surface area contributed by atoms with E-state index in [1.165, 1.54) is 22.8 Å². The van der Waals surface area contributed by atoms with Gasteiger partial charge in [-0.05, 0) is 30.7 Å². The molecule has 0 aliphatic carbocycles. The number of aromatic nitrogens is 3. The minimum absolute atomic E-state index is 0.127.